The van der Waals surface area contributed by atoms with Crippen molar-refractivity contribution in [1.82, 2.24) is 10.6 Å². The lowest BCUT2D eigenvalue weighted by Gasteiger charge is -2.35. The largest absolute Gasteiger partial charge is 0.444 e. The van der Waals surface area contributed by atoms with Crippen LogP contribution < -0.4 is 10.6 Å². The Kier molecular flexibility index (Phi) is 6.75. The van der Waals surface area contributed by atoms with Crippen LogP contribution in [0.4, 0.5) is 4.79 Å². The molecule has 134 valence electrons. The lowest BCUT2D eigenvalue weighted by Crippen LogP contribution is -2.46. The number of carbonyl (C=O) groups excluding carboxylic acids is 1. The molecular weight excluding hydrogens is 288 g/mol. The van der Waals surface area contributed by atoms with Crippen LogP contribution in [-0.2, 0) is 4.74 Å². The lowest BCUT2D eigenvalue weighted by molar-refractivity contribution is 0.0488. The Hall–Kier alpha value is -0.770. The summed E-state index contributed by atoms with van der Waals surface area (Å²) >= 11 is 0. The predicted molar refractivity (Wildman–Crippen MR) is 94.6 cm³/mol. The average molecular weight is 325 g/mol. The van der Waals surface area contributed by atoms with Crippen LogP contribution in [0.3, 0.4) is 0 Å². The molecule has 0 atom stereocenters. The third-order valence-corrected chi connectivity index (χ3v) is 5.34. The first-order chi connectivity index (χ1) is 10.9. The number of nitrogens with one attached hydrogen (secondary N) is 2. The second-order valence-corrected chi connectivity index (χ2v) is 8.49. The highest BCUT2D eigenvalue weighted by atomic mass is 16.6. The van der Waals surface area contributed by atoms with Crippen molar-refractivity contribution in [2.75, 3.05) is 0 Å². The normalized spacial score (nSPS) is 32.3. The van der Waals surface area contributed by atoms with Crippen LogP contribution in [0, 0.1) is 5.92 Å². The Morgan fingerprint density at radius 3 is 1.87 bits per heavy atom. The second kappa shape index (κ2) is 8.36. The number of ether oxygens (including phenoxy) is 1. The molecule has 0 aromatic heterocycles. The number of hydrogen-bond acceptors (Lipinski definition) is 3. The maximum atomic E-state index is 11.8. The Morgan fingerprint density at radius 1 is 0.913 bits per heavy atom. The minimum atomic E-state index is -0.416. The molecule has 0 saturated heterocycles. The summed E-state index contributed by atoms with van der Waals surface area (Å²) in [5.41, 5.74) is -0.416. The molecule has 0 radical (unpaired) electrons. The molecule has 0 unspecified atom stereocenters. The van der Waals surface area contributed by atoms with E-state index in [4.69, 9.17) is 4.74 Å². The van der Waals surface area contributed by atoms with E-state index in [0.29, 0.717) is 6.04 Å². The molecule has 2 rings (SSSR count). The molecule has 0 bridgehead atoms. The van der Waals surface area contributed by atoms with Crippen LogP contribution in [0.25, 0.3) is 0 Å². The number of hydrogen-bond donors (Lipinski definition) is 2. The predicted octanol–water partition coefficient (Wildman–Crippen LogP) is 4.38. The maximum Gasteiger partial charge on any atom is 0.407 e. The number of amides is 1. The number of alkyl carbamates (subject to hydrolysis) is 1. The molecule has 0 spiro atoms. The summed E-state index contributed by atoms with van der Waals surface area (Å²) in [7, 11) is 0. The minimum absolute atomic E-state index is 0.271. The zero-order valence-electron chi connectivity index (χ0n) is 15.5. The van der Waals surface area contributed by atoms with E-state index in [1.807, 2.05) is 20.8 Å². The highest BCUT2D eigenvalue weighted by Gasteiger charge is 2.27. The molecule has 0 heterocycles. The van der Waals surface area contributed by atoms with Gasteiger partial charge in [-0.15, -0.1) is 0 Å². The first-order valence-electron chi connectivity index (χ1n) is 9.61. The standard InChI is InChI=1S/C19H36N2O2/c1-5-14-6-8-15(9-7-14)20-16-10-12-17(13-11-16)21-18(22)23-19(2,3)4/h14-17,20H,5-13H2,1-4H3,(H,21,22). The monoisotopic (exact) mass is 324 g/mol. The fourth-order valence-corrected chi connectivity index (χ4v) is 3.95. The van der Waals surface area contributed by atoms with Gasteiger partial charge in [-0.05, 0) is 78.1 Å². The zero-order valence-corrected chi connectivity index (χ0v) is 15.5. The molecule has 2 aliphatic carbocycles. The summed E-state index contributed by atoms with van der Waals surface area (Å²) in [6.45, 7) is 8.03. The quantitative estimate of drug-likeness (QED) is 0.807. The van der Waals surface area contributed by atoms with Gasteiger partial charge in [0, 0.05) is 18.1 Å². The molecule has 23 heavy (non-hydrogen) atoms. The van der Waals surface area contributed by atoms with Gasteiger partial charge in [-0.25, -0.2) is 4.79 Å². The van der Waals surface area contributed by atoms with Gasteiger partial charge in [0.05, 0.1) is 0 Å². The molecule has 0 aliphatic heterocycles. The van der Waals surface area contributed by atoms with E-state index in [1.165, 1.54) is 32.1 Å². The Bertz CT molecular complexity index is 362. The zero-order chi connectivity index (χ0) is 16.9. The smallest absolute Gasteiger partial charge is 0.407 e. The van der Waals surface area contributed by atoms with Crippen LogP contribution in [0.15, 0.2) is 0 Å². The van der Waals surface area contributed by atoms with Crippen molar-refractivity contribution in [2.45, 2.75) is 109 Å². The van der Waals surface area contributed by atoms with Crippen molar-refractivity contribution < 1.29 is 9.53 Å². The SMILES string of the molecule is CCC1CCC(NC2CCC(NC(=O)OC(C)(C)C)CC2)CC1. The van der Waals surface area contributed by atoms with Gasteiger partial charge < -0.3 is 15.4 Å². The van der Waals surface area contributed by atoms with Gasteiger partial charge in [-0.2, -0.15) is 0 Å². The maximum absolute atomic E-state index is 11.8. The van der Waals surface area contributed by atoms with Gasteiger partial charge in [-0.3, -0.25) is 0 Å². The fraction of sp³-hybridized carbons (Fsp3) is 0.947. The molecule has 2 N–H and O–H groups in total. The molecule has 2 saturated carbocycles. The molecule has 0 aromatic rings. The van der Waals surface area contributed by atoms with E-state index in [9.17, 15) is 4.79 Å². The first-order valence-corrected chi connectivity index (χ1v) is 9.61. The van der Waals surface area contributed by atoms with Crippen molar-refractivity contribution in [2.24, 2.45) is 5.92 Å². The van der Waals surface area contributed by atoms with Crippen LogP contribution in [0.2, 0.25) is 0 Å². The van der Waals surface area contributed by atoms with Gasteiger partial charge in [0.25, 0.3) is 0 Å². The molecule has 4 nitrogen and oxygen atoms in total. The van der Waals surface area contributed by atoms with Gasteiger partial charge in [-0.1, -0.05) is 13.3 Å². The van der Waals surface area contributed by atoms with Gasteiger partial charge >= 0.3 is 6.09 Å². The fourth-order valence-electron chi connectivity index (χ4n) is 3.95. The van der Waals surface area contributed by atoms with Crippen LogP contribution >= 0.6 is 0 Å². The Morgan fingerprint density at radius 2 is 1.39 bits per heavy atom. The van der Waals surface area contributed by atoms with Gasteiger partial charge in [0.2, 0.25) is 0 Å². The van der Waals surface area contributed by atoms with E-state index in [2.05, 4.69) is 17.6 Å². The van der Waals surface area contributed by atoms with Gasteiger partial charge in [0.1, 0.15) is 5.60 Å². The third-order valence-electron chi connectivity index (χ3n) is 5.34. The highest BCUT2D eigenvalue weighted by molar-refractivity contribution is 5.68. The van der Waals surface area contributed by atoms with Crippen molar-refractivity contribution >= 4 is 6.09 Å². The van der Waals surface area contributed by atoms with Crippen LogP contribution in [0.1, 0.15) is 85.5 Å². The van der Waals surface area contributed by atoms with E-state index in [1.54, 1.807) is 0 Å². The molecule has 2 aliphatic rings. The van der Waals surface area contributed by atoms with Crippen LogP contribution in [0.5, 0.6) is 0 Å². The first kappa shape index (κ1) is 18.6. The van der Waals surface area contributed by atoms with Crippen molar-refractivity contribution in [1.29, 1.82) is 0 Å². The third kappa shape index (κ3) is 6.70. The molecule has 0 aromatic carbocycles. The molecule has 4 heteroatoms. The Labute approximate surface area is 142 Å². The van der Waals surface area contributed by atoms with Crippen LogP contribution in [-0.4, -0.2) is 29.8 Å². The summed E-state index contributed by atoms with van der Waals surface area (Å²) in [6, 6.07) is 1.63. The number of rotatable bonds is 4. The molecule has 2 fully saturated rings. The van der Waals surface area contributed by atoms with E-state index in [0.717, 1.165) is 37.6 Å². The summed E-state index contributed by atoms with van der Waals surface area (Å²) in [5.74, 6) is 0.960. The number of carbonyl (C=O) groups is 1. The average Bonchev–Trinajstić information content (AvgIpc) is 2.48. The van der Waals surface area contributed by atoms with E-state index >= 15 is 0 Å². The van der Waals surface area contributed by atoms with Crippen molar-refractivity contribution in [3.8, 4) is 0 Å². The lowest BCUT2D eigenvalue weighted by atomic mass is 9.83. The van der Waals surface area contributed by atoms with E-state index < -0.39 is 5.60 Å². The highest BCUT2D eigenvalue weighted by Crippen LogP contribution is 2.28. The van der Waals surface area contributed by atoms with E-state index in [-0.39, 0.29) is 12.1 Å². The molecule has 1 amide bonds. The summed E-state index contributed by atoms with van der Waals surface area (Å²) in [5, 5.41) is 6.89. The Balaban J connectivity index is 1.63. The molecular formula is C19H36N2O2. The second-order valence-electron chi connectivity index (χ2n) is 8.49. The minimum Gasteiger partial charge on any atom is -0.444 e. The topological polar surface area (TPSA) is 50.4 Å². The summed E-state index contributed by atoms with van der Waals surface area (Å²) in [4.78, 5) is 11.8. The van der Waals surface area contributed by atoms with Gasteiger partial charge in [0.15, 0.2) is 0 Å². The van der Waals surface area contributed by atoms with Crippen molar-refractivity contribution in [3.63, 3.8) is 0 Å². The summed E-state index contributed by atoms with van der Waals surface area (Å²) < 4.78 is 5.34. The summed E-state index contributed by atoms with van der Waals surface area (Å²) in [6.07, 6.45) is 11.0. The van der Waals surface area contributed by atoms with Crippen molar-refractivity contribution in [3.05, 3.63) is 0 Å².